The van der Waals surface area contributed by atoms with E-state index in [9.17, 15) is 10.1 Å². The topological polar surface area (TPSA) is 64.4 Å². The van der Waals surface area contributed by atoms with Crippen molar-refractivity contribution in [2.75, 3.05) is 19.7 Å². The first-order chi connectivity index (χ1) is 7.68. The summed E-state index contributed by atoms with van der Waals surface area (Å²) < 4.78 is 5.51. The SMILES string of the molecule is O=[N+]([O-])c1cc(C2CNCCO2)ccc1Cl. The van der Waals surface area contributed by atoms with E-state index in [1.807, 2.05) is 0 Å². The molecule has 2 rings (SSSR count). The van der Waals surface area contributed by atoms with Crippen molar-refractivity contribution >= 4 is 17.3 Å². The zero-order valence-electron chi connectivity index (χ0n) is 8.48. The molecule has 16 heavy (non-hydrogen) atoms. The highest BCUT2D eigenvalue weighted by atomic mass is 35.5. The first-order valence-corrected chi connectivity index (χ1v) is 5.32. The molecular formula is C10H11ClN2O3. The van der Waals surface area contributed by atoms with Crippen molar-refractivity contribution in [2.45, 2.75) is 6.10 Å². The molecule has 0 spiro atoms. The normalized spacial score (nSPS) is 20.7. The average Bonchev–Trinajstić information content (AvgIpc) is 2.30. The summed E-state index contributed by atoms with van der Waals surface area (Å²) in [6.45, 7) is 2.09. The van der Waals surface area contributed by atoms with Crippen LogP contribution in [-0.4, -0.2) is 24.6 Å². The Labute approximate surface area is 97.5 Å². The summed E-state index contributed by atoms with van der Waals surface area (Å²) in [7, 11) is 0. The van der Waals surface area contributed by atoms with Crippen molar-refractivity contribution in [3.05, 3.63) is 38.9 Å². The molecule has 0 radical (unpaired) electrons. The molecule has 1 atom stereocenters. The van der Waals surface area contributed by atoms with Crippen LogP contribution >= 0.6 is 11.6 Å². The summed E-state index contributed by atoms with van der Waals surface area (Å²) in [5.74, 6) is 0. The third-order valence-electron chi connectivity index (χ3n) is 2.47. The van der Waals surface area contributed by atoms with Gasteiger partial charge in [0, 0.05) is 19.2 Å². The lowest BCUT2D eigenvalue weighted by Crippen LogP contribution is -2.33. The van der Waals surface area contributed by atoms with Crippen molar-refractivity contribution in [3.63, 3.8) is 0 Å². The minimum atomic E-state index is -0.484. The van der Waals surface area contributed by atoms with Gasteiger partial charge in [0.2, 0.25) is 0 Å². The number of nitro groups is 1. The molecule has 0 saturated carbocycles. The highest BCUT2D eigenvalue weighted by Crippen LogP contribution is 2.29. The quantitative estimate of drug-likeness (QED) is 0.636. The second-order valence-corrected chi connectivity index (χ2v) is 3.94. The zero-order valence-corrected chi connectivity index (χ0v) is 9.24. The molecule has 1 aliphatic heterocycles. The molecule has 6 heteroatoms. The van der Waals surface area contributed by atoms with Crippen LogP contribution in [0.3, 0.4) is 0 Å². The molecule has 1 fully saturated rings. The molecule has 86 valence electrons. The maximum atomic E-state index is 10.7. The number of hydrogen-bond acceptors (Lipinski definition) is 4. The lowest BCUT2D eigenvalue weighted by atomic mass is 10.1. The zero-order chi connectivity index (χ0) is 11.5. The predicted octanol–water partition coefficient (Wildman–Crippen LogP) is 1.91. The average molecular weight is 243 g/mol. The number of hydrogen-bond donors (Lipinski definition) is 1. The standard InChI is InChI=1S/C10H11ClN2O3/c11-8-2-1-7(5-9(8)13(14)15)10-6-12-3-4-16-10/h1-2,5,10,12H,3-4,6H2. The third-order valence-corrected chi connectivity index (χ3v) is 2.79. The molecule has 1 aliphatic rings. The fourth-order valence-corrected chi connectivity index (χ4v) is 1.84. The molecule has 5 nitrogen and oxygen atoms in total. The molecule has 0 bridgehead atoms. The monoisotopic (exact) mass is 242 g/mol. The minimum Gasteiger partial charge on any atom is -0.371 e. The minimum absolute atomic E-state index is 0.0756. The Morgan fingerprint density at radius 3 is 3.00 bits per heavy atom. The van der Waals surface area contributed by atoms with Crippen LogP contribution in [0.2, 0.25) is 5.02 Å². The van der Waals surface area contributed by atoms with Gasteiger partial charge in [0.05, 0.1) is 17.6 Å². The van der Waals surface area contributed by atoms with Crippen LogP contribution < -0.4 is 5.32 Å². The molecule has 0 aliphatic carbocycles. The molecule has 1 aromatic carbocycles. The first-order valence-electron chi connectivity index (χ1n) is 4.94. The van der Waals surface area contributed by atoms with Crippen LogP contribution in [0.15, 0.2) is 18.2 Å². The summed E-state index contributed by atoms with van der Waals surface area (Å²) >= 11 is 5.73. The predicted molar refractivity (Wildman–Crippen MR) is 59.7 cm³/mol. The van der Waals surface area contributed by atoms with E-state index >= 15 is 0 Å². The molecule has 1 unspecified atom stereocenters. The van der Waals surface area contributed by atoms with Crippen molar-refractivity contribution < 1.29 is 9.66 Å². The Bertz CT molecular complexity index is 405. The van der Waals surface area contributed by atoms with E-state index in [1.165, 1.54) is 12.1 Å². The van der Waals surface area contributed by atoms with Gasteiger partial charge in [-0.15, -0.1) is 0 Å². The van der Waals surface area contributed by atoms with Gasteiger partial charge in [-0.05, 0) is 11.6 Å². The van der Waals surface area contributed by atoms with Gasteiger partial charge in [-0.25, -0.2) is 0 Å². The number of ether oxygens (including phenoxy) is 1. The summed E-state index contributed by atoms with van der Waals surface area (Å²) in [6.07, 6.45) is -0.135. The smallest absolute Gasteiger partial charge is 0.288 e. The number of nitro benzene ring substituents is 1. The lowest BCUT2D eigenvalue weighted by molar-refractivity contribution is -0.384. The highest BCUT2D eigenvalue weighted by molar-refractivity contribution is 6.32. The third kappa shape index (κ3) is 2.32. The van der Waals surface area contributed by atoms with Crippen molar-refractivity contribution in [1.82, 2.24) is 5.32 Å². The Morgan fingerprint density at radius 2 is 2.38 bits per heavy atom. The van der Waals surface area contributed by atoms with E-state index in [0.29, 0.717) is 13.2 Å². The van der Waals surface area contributed by atoms with Gasteiger partial charge in [-0.1, -0.05) is 17.7 Å². The van der Waals surface area contributed by atoms with Crippen LogP contribution in [0, 0.1) is 10.1 Å². The Kier molecular flexibility index (Phi) is 3.38. The lowest BCUT2D eigenvalue weighted by Gasteiger charge is -2.23. The summed E-state index contributed by atoms with van der Waals surface area (Å²) in [6, 6.07) is 4.76. The largest absolute Gasteiger partial charge is 0.371 e. The van der Waals surface area contributed by atoms with Crippen LogP contribution in [-0.2, 0) is 4.74 Å². The molecule has 1 heterocycles. The van der Waals surface area contributed by atoms with Gasteiger partial charge >= 0.3 is 0 Å². The van der Waals surface area contributed by atoms with Gasteiger partial charge in [0.25, 0.3) is 5.69 Å². The van der Waals surface area contributed by atoms with Gasteiger partial charge < -0.3 is 10.1 Å². The Balaban J connectivity index is 2.27. The van der Waals surface area contributed by atoms with Crippen molar-refractivity contribution in [2.24, 2.45) is 0 Å². The summed E-state index contributed by atoms with van der Waals surface area (Å²) in [5.41, 5.74) is 0.705. The maximum Gasteiger partial charge on any atom is 0.288 e. The van der Waals surface area contributed by atoms with Crippen molar-refractivity contribution in [3.8, 4) is 0 Å². The molecule has 0 amide bonds. The van der Waals surface area contributed by atoms with E-state index in [2.05, 4.69) is 5.32 Å². The first kappa shape index (κ1) is 11.3. The molecule has 1 saturated heterocycles. The molecular weight excluding hydrogens is 232 g/mol. The number of nitrogens with one attached hydrogen (secondary N) is 1. The molecule has 1 N–H and O–H groups in total. The van der Waals surface area contributed by atoms with E-state index < -0.39 is 4.92 Å². The number of benzene rings is 1. The van der Waals surface area contributed by atoms with Crippen molar-refractivity contribution in [1.29, 1.82) is 0 Å². The van der Waals surface area contributed by atoms with Crippen LogP contribution in [0.4, 0.5) is 5.69 Å². The Hall–Kier alpha value is -1.17. The van der Waals surface area contributed by atoms with Crippen LogP contribution in [0.1, 0.15) is 11.7 Å². The fraction of sp³-hybridized carbons (Fsp3) is 0.400. The van der Waals surface area contributed by atoms with Crippen LogP contribution in [0.5, 0.6) is 0 Å². The highest BCUT2D eigenvalue weighted by Gasteiger charge is 2.20. The van der Waals surface area contributed by atoms with Gasteiger partial charge in [-0.2, -0.15) is 0 Å². The van der Waals surface area contributed by atoms with Crippen LogP contribution in [0.25, 0.3) is 0 Å². The molecule has 1 aromatic rings. The van der Waals surface area contributed by atoms with Gasteiger partial charge in [0.1, 0.15) is 5.02 Å². The van der Waals surface area contributed by atoms with Gasteiger partial charge in [-0.3, -0.25) is 10.1 Å². The summed E-state index contributed by atoms with van der Waals surface area (Å²) in [5, 5.41) is 14.0. The second kappa shape index (κ2) is 4.78. The van der Waals surface area contributed by atoms with Gasteiger partial charge in [0.15, 0.2) is 0 Å². The van der Waals surface area contributed by atoms with E-state index in [-0.39, 0.29) is 16.8 Å². The Morgan fingerprint density at radius 1 is 1.56 bits per heavy atom. The fourth-order valence-electron chi connectivity index (χ4n) is 1.65. The summed E-state index contributed by atoms with van der Waals surface area (Å²) in [4.78, 5) is 10.2. The maximum absolute atomic E-state index is 10.7. The number of nitrogens with zero attached hydrogens (tertiary/aromatic N) is 1. The second-order valence-electron chi connectivity index (χ2n) is 3.53. The van der Waals surface area contributed by atoms with E-state index in [0.717, 1.165) is 12.1 Å². The number of morpholine rings is 1. The van der Waals surface area contributed by atoms with E-state index in [4.69, 9.17) is 16.3 Å². The van der Waals surface area contributed by atoms with E-state index in [1.54, 1.807) is 6.07 Å². The number of halogens is 1. The number of rotatable bonds is 2. The molecule has 0 aromatic heterocycles.